The molecule has 2 aromatic heterocycles. The van der Waals surface area contributed by atoms with Crippen molar-refractivity contribution in [2.75, 3.05) is 4.72 Å². The van der Waals surface area contributed by atoms with E-state index in [0.717, 1.165) is 0 Å². The third-order valence-corrected chi connectivity index (χ3v) is 3.93. The van der Waals surface area contributed by atoms with E-state index in [1.54, 1.807) is 14.1 Å². The van der Waals surface area contributed by atoms with Crippen LogP contribution in [0.1, 0.15) is 5.56 Å². The molecule has 0 unspecified atom stereocenters. The first-order valence-corrected chi connectivity index (χ1v) is 6.66. The van der Waals surface area contributed by atoms with Crippen LogP contribution in [-0.2, 0) is 30.7 Å². The summed E-state index contributed by atoms with van der Waals surface area (Å²) in [6, 6.07) is 1.42. The molecule has 9 heteroatoms. The zero-order valence-electron chi connectivity index (χ0n) is 10.0. The van der Waals surface area contributed by atoms with Crippen LogP contribution in [0, 0.1) is 0 Å². The molecule has 0 saturated heterocycles. The molecule has 0 aliphatic carbocycles. The molecule has 2 rings (SSSR count). The summed E-state index contributed by atoms with van der Waals surface area (Å²) in [5, 5.41) is 7.87. The third kappa shape index (κ3) is 2.09. The number of hydrogen-bond acceptors (Lipinski definition) is 5. The van der Waals surface area contributed by atoms with E-state index in [1.165, 1.54) is 27.8 Å². The van der Waals surface area contributed by atoms with Crippen molar-refractivity contribution in [3.63, 3.8) is 0 Å². The highest BCUT2D eigenvalue weighted by atomic mass is 32.2. The van der Waals surface area contributed by atoms with Crippen molar-refractivity contribution in [2.45, 2.75) is 11.6 Å². The van der Waals surface area contributed by atoms with E-state index >= 15 is 0 Å². The standard InChI is InChI=1S/C9H14N6O2S/c1-14-8(3-4-11-14)18(16,17)13-9-7(5-10)6-12-15(9)2/h3-4,6,13H,5,10H2,1-2H3. The third-order valence-electron chi connectivity index (χ3n) is 2.52. The van der Waals surface area contributed by atoms with E-state index in [4.69, 9.17) is 5.73 Å². The van der Waals surface area contributed by atoms with Crippen LogP contribution in [0.4, 0.5) is 5.82 Å². The van der Waals surface area contributed by atoms with Crippen molar-refractivity contribution in [3.8, 4) is 0 Å². The molecule has 0 atom stereocenters. The number of sulfonamides is 1. The van der Waals surface area contributed by atoms with Crippen LogP contribution in [0.5, 0.6) is 0 Å². The number of nitrogens with zero attached hydrogens (tertiary/aromatic N) is 4. The van der Waals surface area contributed by atoms with Gasteiger partial charge in [-0.3, -0.25) is 14.1 Å². The molecule has 2 heterocycles. The van der Waals surface area contributed by atoms with Crippen molar-refractivity contribution in [1.29, 1.82) is 0 Å². The number of aromatic nitrogens is 4. The second-order valence-electron chi connectivity index (χ2n) is 3.74. The monoisotopic (exact) mass is 270 g/mol. The lowest BCUT2D eigenvalue weighted by molar-refractivity contribution is 0.581. The second kappa shape index (κ2) is 4.42. The molecule has 0 radical (unpaired) electrons. The predicted molar refractivity (Wildman–Crippen MR) is 65.1 cm³/mol. The Labute approximate surface area is 104 Å². The van der Waals surface area contributed by atoms with Crippen LogP contribution in [0.3, 0.4) is 0 Å². The van der Waals surface area contributed by atoms with Crippen molar-refractivity contribution in [1.82, 2.24) is 19.6 Å². The van der Waals surface area contributed by atoms with Crippen molar-refractivity contribution >= 4 is 15.8 Å². The minimum absolute atomic E-state index is 0.0756. The smallest absolute Gasteiger partial charge is 0.280 e. The average molecular weight is 270 g/mol. The fraction of sp³-hybridized carbons (Fsp3) is 0.333. The Bertz CT molecular complexity index is 656. The number of aryl methyl sites for hydroxylation is 2. The lowest BCUT2D eigenvalue weighted by atomic mass is 10.3. The molecular formula is C9H14N6O2S. The van der Waals surface area contributed by atoms with Gasteiger partial charge in [-0.05, 0) is 6.07 Å². The largest absolute Gasteiger partial charge is 0.326 e. The predicted octanol–water partition coefficient (Wildman–Crippen LogP) is -0.587. The molecule has 0 spiro atoms. The molecule has 0 fully saturated rings. The van der Waals surface area contributed by atoms with E-state index in [1.807, 2.05) is 0 Å². The number of anilines is 1. The molecule has 8 nitrogen and oxygen atoms in total. The summed E-state index contributed by atoms with van der Waals surface area (Å²) in [4.78, 5) is 0. The van der Waals surface area contributed by atoms with Crippen molar-refractivity contribution in [2.24, 2.45) is 19.8 Å². The van der Waals surface area contributed by atoms with Gasteiger partial charge in [-0.25, -0.2) is 0 Å². The maximum absolute atomic E-state index is 12.1. The highest BCUT2D eigenvalue weighted by Gasteiger charge is 2.21. The summed E-state index contributed by atoms with van der Waals surface area (Å²) in [5.74, 6) is 0.360. The first-order chi connectivity index (χ1) is 8.45. The summed E-state index contributed by atoms with van der Waals surface area (Å²) in [6.45, 7) is 0.205. The van der Waals surface area contributed by atoms with Gasteiger partial charge in [0.1, 0.15) is 5.82 Å². The SMILES string of the molecule is Cn1nccc1S(=O)(=O)Nc1c(CN)cnn1C. The Morgan fingerprint density at radius 3 is 2.61 bits per heavy atom. The molecule has 0 bridgehead atoms. The fourth-order valence-electron chi connectivity index (χ4n) is 1.57. The first-order valence-electron chi connectivity index (χ1n) is 5.17. The molecule has 2 aromatic rings. The molecule has 0 saturated carbocycles. The van der Waals surface area contributed by atoms with Gasteiger partial charge in [-0.2, -0.15) is 18.6 Å². The maximum Gasteiger partial charge on any atom is 0.280 e. The minimum Gasteiger partial charge on any atom is -0.326 e. The molecule has 0 aliphatic rings. The Kier molecular flexibility index (Phi) is 3.09. The van der Waals surface area contributed by atoms with Gasteiger partial charge in [0.25, 0.3) is 10.0 Å². The number of rotatable bonds is 4. The highest BCUT2D eigenvalue weighted by molar-refractivity contribution is 7.92. The van der Waals surface area contributed by atoms with Gasteiger partial charge in [0.2, 0.25) is 0 Å². The molecule has 98 valence electrons. The highest BCUT2D eigenvalue weighted by Crippen LogP contribution is 2.18. The fourth-order valence-corrected chi connectivity index (χ4v) is 2.83. The van der Waals surface area contributed by atoms with Gasteiger partial charge in [0, 0.05) is 26.2 Å². The number of nitrogens with two attached hydrogens (primary N) is 1. The Hall–Kier alpha value is -1.87. The maximum atomic E-state index is 12.1. The van der Waals surface area contributed by atoms with Gasteiger partial charge in [0.15, 0.2) is 5.03 Å². The molecule has 3 N–H and O–H groups in total. The molecule has 0 aliphatic heterocycles. The average Bonchev–Trinajstić information content (AvgIpc) is 2.87. The summed E-state index contributed by atoms with van der Waals surface area (Å²) < 4.78 is 29.5. The topological polar surface area (TPSA) is 108 Å². The van der Waals surface area contributed by atoms with Crippen LogP contribution >= 0.6 is 0 Å². The van der Waals surface area contributed by atoms with Gasteiger partial charge in [-0.15, -0.1) is 0 Å². The molecule has 0 aromatic carbocycles. The van der Waals surface area contributed by atoms with Crippen molar-refractivity contribution in [3.05, 3.63) is 24.0 Å². The van der Waals surface area contributed by atoms with Crippen molar-refractivity contribution < 1.29 is 8.42 Å². The zero-order valence-corrected chi connectivity index (χ0v) is 10.8. The first kappa shape index (κ1) is 12.6. The Morgan fingerprint density at radius 1 is 1.33 bits per heavy atom. The Balaban J connectivity index is 2.40. The van der Waals surface area contributed by atoms with E-state index in [0.29, 0.717) is 11.4 Å². The number of hydrogen-bond donors (Lipinski definition) is 2. The Morgan fingerprint density at radius 2 is 2.06 bits per heavy atom. The molecule has 0 amide bonds. The van der Waals surface area contributed by atoms with Crippen LogP contribution in [-0.4, -0.2) is 28.0 Å². The van der Waals surface area contributed by atoms with Gasteiger partial charge < -0.3 is 5.73 Å². The van der Waals surface area contributed by atoms with Gasteiger partial charge in [-0.1, -0.05) is 0 Å². The van der Waals surface area contributed by atoms with Crippen LogP contribution in [0.15, 0.2) is 23.5 Å². The molecule has 18 heavy (non-hydrogen) atoms. The van der Waals surface area contributed by atoms with Crippen LogP contribution in [0.2, 0.25) is 0 Å². The lowest BCUT2D eigenvalue weighted by Gasteiger charge is -2.09. The van der Waals surface area contributed by atoms with E-state index in [-0.39, 0.29) is 11.6 Å². The lowest BCUT2D eigenvalue weighted by Crippen LogP contribution is -2.19. The number of nitrogens with one attached hydrogen (secondary N) is 1. The van der Waals surface area contributed by atoms with Gasteiger partial charge in [0.05, 0.1) is 12.4 Å². The van der Waals surface area contributed by atoms with E-state index < -0.39 is 10.0 Å². The summed E-state index contributed by atoms with van der Waals surface area (Å²) >= 11 is 0. The minimum atomic E-state index is -3.69. The quantitative estimate of drug-likeness (QED) is 0.772. The summed E-state index contributed by atoms with van der Waals surface area (Å²) in [6.07, 6.45) is 2.95. The van der Waals surface area contributed by atoms with E-state index in [2.05, 4.69) is 14.9 Å². The van der Waals surface area contributed by atoms with Gasteiger partial charge >= 0.3 is 0 Å². The van der Waals surface area contributed by atoms with Crippen LogP contribution in [0.25, 0.3) is 0 Å². The zero-order chi connectivity index (χ0) is 13.3. The normalized spacial score (nSPS) is 11.7. The molecular weight excluding hydrogens is 256 g/mol. The second-order valence-corrected chi connectivity index (χ2v) is 5.37. The summed E-state index contributed by atoms with van der Waals surface area (Å²) in [5.41, 5.74) is 6.15. The van der Waals surface area contributed by atoms with E-state index in [9.17, 15) is 8.42 Å². The summed E-state index contributed by atoms with van der Waals surface area (Å²) in [7, 11) is -0.495. The van der Waals surface area contributed by atoms with Crippen LogP contribution < -0.4 is 10.5 Å².